The summed E-state index contributed by atoms with van der Waals surface area (Å²) in [5.41, 5.74) is 8.01. The van der Waals surface area contributed by atoms with Gasteiger partial charge in [0.05, 0.1) is 23.4 Å². The largest absolute Gasteiger partial charge is 0.381 e. The first-order valence-corrected chi connectivity index (χ1v) is 9.84. The summed E-state index contributed by atoms with van der Waals surface area (Å²) in [5.74, 6) is -0.950. The summed E-state index contributed by atoms with van der Waals surface area (Å²) >= 11 is 0. The molecular formula is C21H22FN5O3. The third-order valence-electron chi connectivity index (χ3n) is 5.69. The van der Waals surface area contributed by atoms with E-state index in [1.807, 2.05) is 4.57 Å². The molecule has 3 heterocycles. The third kappa shape index (κ3) is 3.62. The van der Waals surface area contributed by atoms with E-state index in [2.05, 4.69) is 11.4 Å². The molecular weight excluding hydrogens is 389 g/mol. The average Bonchev–Trinajstić information content (AvgIpc) is 3.09. The van der Waals surface area contributed by atoms with Crippen molar-refractivity contribution in [2.45, 2.75) is 31.8 Å². The van der Waals surface area contributed by atoms with Crippen LogP contribution in [0.5, 0.6) is 0 Å². The molecule has 1 aromatic carbocycles. The number of halogens is 1. The smallest absolute Gasteiger partial charge is 0.322 e. The van der Waals surface area contributed by atoms with E-state index in [1.165, 1.54) is 24.3 Å². The summed E-state index contributed by atoms with van der Waals surface area (Å²) in [7, 11) is 0. The van der Waals surface area contributed by atoms with Gasteiger partial charge in [-0.2, -0.15) is 5.26 Å². The van der Waals surface area contributed by atoms with Crippen LogP contribution < -0.4 is 11.1 Å². The Bertz CT molecular complexity index is 1020. The van der Waals surface area contributed by atoms with Crippen LogP contribution in [0.3, 0.4) is 0 Å². The number of fused-ring (bicyclic) bond motifs is 1. The highest BCUT2D eigenvalue weighted by Crippen LogP contribution is 2.36. The zero-order valence-corrected chi connectivity index (χ0v) is 16.4. The summed E-state index contributed by atoms with van der Waals surface area (Å²) in [6.45, 7) is 2.24. The van der Waals surface area contributed by atoms with Crippen LogP contribution in [0.1, 0.15) is 46.1 Å². The highest BCUT2D eigenvalue weighted by atomic mass is 19.1. The summed E-state index contributed by atoms with van der Waals surface area (Å²) in [4.78, 5) is 26.5. The summed E-state index contributed by atoms with van der Waals surface area (Å²) in [6.07, 6.45) is 1.54. The quantitative estimate of drug-likeness (QED) is 0.808. The molecule has 4 rings (SSSR count). The number of benzene rings is 1. The van der Waals surface area contributed by atoms with Crippen LogP contribution in [0.15, 0.2) is 24.3 Å². The van der Waals surface area contributed by atoms with Crippen molar-refractivity contribution in [3.63, 3.8) is 0 Å². The zero-order valence-electron chi connectivity index (χ0n) is 16.4. The maximum Gasteiger partial charge on any atom is 0.322 e. The fourth-order valence-corrected chi connectivity index (χ4v) is 4.27. The molecule has 0 unspecified atom stereocenters. The van der Waals surface area contributed by atoms with Gasteiger partial charge in [-0.25, -0.2) is 9.18 Å². The molecule has 9 heteroatoms. The van der Waals surface area contributed by atoms with Gasteiger partial charge in [0, 0.05) is 43.6 Å². The lowest BCUT2D eigenvalue weighted by Crippen LogP contribution is -2.41. The molecule has 30 heavy (non-hydrogen) atoms. The topological polar surface area (TPSA) is 113 Å². The van der Waals surface area contributed by atoms with E-state index in [1.54, 1.807) is 4.90 Å². The molecule has 0 spiro atoms. The summed E-state index contributed by atoms with van der Waals surface area (Å²) < 4.78 is 20.5. The van der Waals surface area contributed by atoms with Crippen molar-refractivity contribution < 1.29 is 18.7 Å². The number of nitrogens with zero attached hydrogens (tertiary/aromatic N) is 3. The van der Waals surface area contributed by atoms with Gasteiger partial charge in [-0.3, -0.25) is 4.79 Å². The van der Waals surface area contributed by atoms with Gasteiger partial charge in [0.25, 0.3) is 5.91 Å². The van der Waals surface area contributed by atoms with Crippen LogP contribution in [-0.2, 0) is 17.8 Å². The standard InChI is InChI=1S/C21H22FN5O3/c22-14-1-3-15(4-2-14)25-21(29)26-7-8-27-17(12-26)18(20(24)28)16(11-23)19(27)13-5-9-30-10-6-13/h1-4,13H,5-10,12H2,(H2,24,28)(H,25,29). The van der Waals surface area contributed by atoms with E-state index >= 15 is 0 Å². The van der Waals surface area contributed by atoms with E-state index in [-0.39, 0.29) is 29.9 Å². The van der Waals surface area contributed by atoms with Crippen molar-refractivity contribution in [1.82, 2.24) is 9.47 Å². The van der Waals surface area contributed by atoms with Gasteiger partial charge in [0.2, 0.25) is 0 Å². The lowest BCUT2D eigenvalue weighted by atomic mass is 9.92. The Kier molecular flexibility index (Phi) is 5.42. The second-order valence-electron chi connectivity index (χ2n) is 7.45. The summed E-state index contributed by atoms with van der Waals surface area (Å²) in [6, 6.07) is 7.29. The Labute approximate surface area is 173 Å². The van der Waals surface area contributed by atoms with Gasteiger partial charge in [-0.15, -0.1) is 0 Å². The van der Waals surface area contributed by atoms with Crippen LogP contribution in [0.2, 0.25) is 0 Å². The van der Waals surface area contributed by atoms with Crippen LogP contribution in [0.25, 0.3) is 0 Å². The zero-order chi connectivity index (χ0) is 21.3. The first-order valence-electron chi connectivity index (χ1n) is 9.84. The fourth-order valence-electron chi connectivity index (χ4n) is 4.27. The number of hydrogen-bond donors (Lipinski definition) is 2. The molecule has 0 bridgehead atoms. The van der Waals surface area contributed by atoms with Gasteiger partial charge in [-0.05, 0) is 37.1 Å². The molecule has 2 aromatic rings. The molecule has 1 fully saturated rings. The highest BCUT2D eigenvalue weighted by molar-refractivity contribution is 5.98. The number of amides is 3. The third-order valence-corrected chi connectivity index (χ3v) is 5.69. The van der Waals surface area contributed by atoms with E-state index in [0.29, 0.717) is 43.2 Å². The Morgan fingerprint density at radius 3 is 2.53 bits per heavy atom. The predicted molar refractivity (Wildman–Crippen MR) is 106 cm³/mol. The predicted octanol–water partition coefficient (Wildman–Crippen LogP) is 2.54. The summed E-state index contributed by atoms with van der Waals surface area (Å²) in [5, 5.41) is 12.5. The number of anilines is 1. The second kappa shape index (κ2) is 8.16. The number of nitrogens with two attached hydrogens (primary N) is 1. The number of carbonyl (C=O) groups excluding carboxylic acids is 2. The van der Waals surface area contributed by atoms with Gasteiger partial charge < -0.3 is 25.3 Å². The normalized spacial score (nSPS) is 16.6. The van der Waals surface area contributed by atoms with E-state index in [9.17, 15) is 19.2 Å². The average molecular weight is 411 g/mol. The van der Waals surface area contributed by atoms with Gasteiger partial charge in [0.15, 0.2) is 0 Å². The number of nitrogens with one attached hydrogen (secondary N) is 1. The van der Waals surface area contributed by atoms with E-state index in [0.717, 1.165) is 18.5 Å². The Balaban J connectivity index is 1.64. The number of carbonyl (C=O) groups is 2. The number of ether oxygens (including phenoxy) is 1. The van der Waals surface area contributed by atoms with Crippen LogP contribution >= 0.6 is 0 Å². The molecule has 0 aliphatic carbocycles. The van der Waals surface area contributed by atoms with Crippen molar-refractivity contribution in [3.05, 3.63) is 52.6 Å². The van der Waals surface area contributed by atoms with Crippen LogP contribution in [-0.4, -0.2) is 41.2 Å². The first-order chi connectivity index (χ1) is 14.5. The maximum atomic E-state index is 13.1. The minimum atomic E-state index is -0.672. The Morgan fingerprint density at radius 2 is 1.90 bits per heavy atom. The molecule has 3 N–H and O–H groups in total. The Morgan fingerprint density at radius 1 is 1.20 bits per heavy atom. The monoisotopic (exact) mass is 411 g/mol. The van der Waals surface area contributed by atoms with E-state index in [4.69, 9.17) is 10.5 Å². The molecule has 3 amide bonds. The minimum absolute atomic E-state index is 0.111. The van der Waals surface area contributed by atoms with Gasteiger partial charge >= 0.3 is 6.03 Å². The van der Waals surface area contributed by atoms with Crippen molar-refractivity contribution >= 4 is 17.6 Å². The highest BCUT2D eigenvalue weighted by Gasteiger charge is 2.34. The minimum Gasteiger partial charge on any atom is -0.381 e. The maximum absolute atomic E-state index is 13.1. The lowest BCUT2D eigenvalue weighted by Gasteiger charge is -2.32. The van der Waals surface area contributed by atoms with Gasteiger partial charge in [-0.1, -0.05) is 0 Å². The van der Waals surface area contributed by atoms with Crippen LogP contribution in [0.4, 0.5) is 14.9 Å². The van der Waals surface area contributed by atoms with Gasteiger partial charge in [0.1, 0.15) is 11.9 Å². The number of hydrogen-bond acceptors (Lipinski definition) is 4. The fraction of sp³-hybridized carbons (Fsp3) is 0.381. The first kappa shape index (κ1) is 19.9. The van der Waals surface area contributed by atoms with Crippen LogP contribution in [0, 0.1) is 17.1 Å². The van der Waals surface area contributed by atoms with Crippen molar-refractivity contribution in [1.29, 1.82) is 5.26 Å². The molecule has 0 radical (unpaired) electrons. The molecule has 156 valence electrons. The lowest BCUT2D eigenvalue weighted by molar-refractivity contribution is 0.0832. The van der Waals surface area contributed by atoms with Crippen molar-refractivity contribution in [2.75, 3.05) is 25.1 Å². The molecule has 2 aliphatic heterocycles. The molecule has 1 saturated heterocycles. The molecule has 2 aliphatic rings. The molecule has 0 saturated carbocycles. The second-order valence-corrected chi connectivity index (χ2v) is 7.45. The van der Waals surface area contributed by atoms with Crippen molar-refractivity contribution in [2.24, 2.45) is 5.73 Å². The Hall–Kier alpha value is -3.38. The molecule has 0 atom stereocenters. The van der Waals surface area contributed by atoms with Crippen molar-refractivity contribution in [3.8, 4) is 6.07 Å². The van der Waals surface area contributed by atoms with E-state index < -0.39 is 5.91 Å². The molecule has 1 aromatic heterocycles. The number of primary amides is 1. The molecule has 8 nitrogen and oxygen atoms in total. The number of urea groups is 1. The number of aromatic nitrogens is 1. The SMILES string of the molecule is N#Cc1c(C(N)=O)c2n(c1C1CCOCC1)CCN(C(=O)Nc1ccc(F)cc1)C2. The number of nitriles is 1. The number of rotatable bonds is 3.